The van der Waals surface area contributed by atoms with E-state index < -0.39 is 0 Å². The Kier molecular flexibility index (Phi) is 4.46. The molecule has 2 aromatic carbocycles. The van der Waals surface area contributed by atoms with Crippen LogP contribution in [0.1, 0.15) is 22.7 Å². The van der Waals surface area contributed by atoms with E-state index in [-0.39, 0.29) is 6.04 Å². The lowest BCUT2D eigenvalue weighted by molar-refractivity contribution is 0.306. The molecule has 7 nitrogen and oxygen atoms in total. The van der Waals surface area contributed by atoms with E-state index in [0.29, 0.717) is 12.6 Å². The number of fused-ring (bicyclic) bond motifs is 1. The van der Waals surface area contributed by atoms with Gasteiger partial charge in [-0.25, -0.2) is 0 Å². The predicted octanol–water partition coefficient (Wildman–Crippen LogP) is 3.70. The highest BCUT2D eigenvalue weighted by Gasteiger charge is 2.24. The third kappa shape index (κ3) is 3.58. The van der Waals surface area contributed by atoms with Crippen molar-refractivity contribution in [3.8, 4) is 5.75 Å². The molecular formula is C22H18N6O. The molecule has 5 rings (SSSR count). The zero-order valence-corrected chi connectivity index (χ0v) is 15.5. The van der Waals surface area contributed by atoms with Crippen LogP contribution < -0.4 is 10.1 Å². The van der Waals surface area contributed by atoms with Crippen molar-refractivity contribution in [3.05, 3.63) is 102 Å². The summed E-state index contributed by atoms with van der Waals surface area (Å²) in [7, 11) is 0. The van der Waals surface area contributed by atoms with Gasteiger partial charge in [0.05, 0.1) is 0 Å². The fourth-order valence-corrected chi connectivity index (χ4v) is 3.28. The van der Waals surface area contributed by atoms with Crippen LogP contribution in [0.15, 0.2) is 85.2 Å². The van der Waals surface area contributed by atoms with Gasteiger partial charge in [0.15, 0.2) is 0 Å². The van der Waals surface area contributed by atoms with Crippen LogP contribution in [0.25, 0.3) is 5.70 Å². The first-order chi connectivity index (χ1) is 14.4. The number of aromatic nitrogens is 5. The van der Waals surface area contributed by atoms with Gasteiger partial charge in [0.25, 0.3) is 0 Å². The minimum absolute atomic E-state index is 0.125. The van der Waals surface area contributed by atoms with Crippen LogP contribution in [0.4, 0.5) is 5.95 Å². The van der Waals surface area contributed by atoms with E-state index in [0.717, 1.165) is 28.1 Å². The van der Waals surface area contributed by atoms with Crippen molar-refractivity contribution in [2.75, 3.05) is 5.32 Å². The summed E-state index contributed by atoms with van der Waals surface area (Å²) in [6.07, 6.45) is 5.67. The van der Waals surface area contributed by atoms with Gasteiger partial charge in [0.1, 0.15) is 18.4 Å². The Hall–Kier alpha value is -4.00. The summed E-state index contributed by atoms with van der Waals surface area (Å²) >= 11 is 0. The van der Waals surface area contributed by atoms with Gasteiger partial charge in [-0.2, -0.15) is 4.68 Å². The lowest BCUT2D eigenvalue weighted by Crippen LogP contribution is -2.20. The molecule has 1 N–H and O–H groups in total. The SMILES string of the molecule is C1=C(c2cccnc2)Nc2nnnn2[C@@H]1c1ccc(OCc2ccccc2)cc1. The molecule has 2 aromatic heterocycles. The van der Waals surface area contributed by atoms with Gasteiger partial charge in [-0.1, -0.05) is 47.6 Å². The molecule has 0 saturated heterocycles. The molecule has 0 fully saturated rings. The van der Waals surface area contributed by atoms with Crippen molar-refractivity contribution < 1.29 is 4.74 Å². The largest absolute Gasteiger partial charge is 0.489 e. The van der Waals surface area contributed by atoms with Crippen molar-refractivity contribution in [1.29, 1.82) is 0 Å². The fourth-order valence-electron chi connectivity index (χ4n) is 3.28. The first-order valence-corrected chi connectivity index (χ1v) is 9.30. The molecule has 0 radical (unpaired) electrons. The zero-order chi connectivity index (χ0) is 19.5. The number of ether oxygens (including phenoxy) is 1. The molecule has 142 valence electrons. The first kappa shape index (κ1) is 17.1. The molecule has 4 aromatic rings. The number of pyridine rings is 1. The van der Waals surface area contributed by atoms with Gasteiger partial charge in [-0.05, 0) is 51.9 Å². The lowest BCUT2D eigenvalue weighted by Gasteiger charge is -2.23. The Morgan fingerprint density at radius 2 is 1.83 bits per heavy atom. The fraction of sp³-hybridized carbons (Fsp3) is 0.0909. The number of rotatable bonds is 5. The van der Waals surface area contributed by atoms with Crippen LogP contribution >= 0.6 is 0 Å². The monoisotopic (exact) mass is 382 g/mol. The van der Waals surface area contributed by atoms with Gasteiger partial charge >= 0.3 is 0 Å². The highest BCUT2D eigenvalue weighted by atomic mass is 16.5. The smallest absolute Gasteiger partial charge is 0.248 e. The van der Waals surface area contributed by atoms with E-state index in [2.05, 4.69) is 31.9 Å². The first-order valence-electron chi connectivity index (χ1n) is 9.30. The van der Waals surface area contributed by atoms with E-state index >= 15 is 0 Å². The molecule has 0 aliphatic carbocycles. The maximum atomic E-state index is 5.90. The van der Waals surface area contributed by atoms with E-state index in [1.807, 2.05) is 72.9 Å². The van der Waals surface area contributed by atoms with Gasteiger partial charge in [0.2, 0.25) is 5.95 Å². The van der Waals surface area contributed by atoms with Crippen molar-refractivity contribution in [3.63, 3.8) is 0 Å². The van der Waals surface area contributed by atoms with Crippen molar-refractivity contribution in [1.82, 2.24) is 25.2 Å². The molecule has 0 bridgehead atoms. The standard InChI is InChI=1S/C22H18N6O/c1-2-5-16(6-3-1)15-29-19-10-8-17(9-11-19)21-13-20(18-7-4-12-23-14-18)24-22-25-26-27-28(21)22/h1-14,21H,15H2,(H,24,25,27)/t21-/m0/s1. The summed E-state index contributed by atoms with van der Waals surface area (Å²) in [5.41, 5.74) is 4.11. The van der Waals surface area contributed by atoms with Crippen molar-refractivity contribution in [2.24, 2.45) is 0 Å². The van der Waals surface area contributed by atoms with Crippen molar-refractivity contribution in [2.45, 2.75) is 12.6 Å². The molecule has 0 spiro atoms. The number of nitrogens with zero attached hydrogens (tertiary/aromatic N) is 5. The summed E-state index contributed by atoms with van der Waals surface area (Å²) in [4.78, 5) is 4.20. The molecular weight excluding hydrogens is 364 g/mol. The van der Waals surface area contributed by atoms with E-state index in [9.17, 15) is 0 Å². The quantitative estimate of drug-likeness (QED) is 0.567. The second-order valence-corrected chi connectivity index (χ2v) is 6.68. The topological polar surface area (TPSA) is 77.8 Å². The second-order valence-electron chi connectivity index (χ2n) is 6.68. The molecule has 0 unspecified atom stereocenters. The maximum Gasteiger partial charge on any atom is 0.248 e. The van der Waals surface area contributed by atoms with Crippen LogP contribution in [0, 0.1) is 0 Å². The Labute approximate surface area is 167 Å². The number of nitrogens with one attached hydrogen (secondary N) is 1. The third-order valence-electron chi connectivity index (χ3n) is 4.77. The average Bonchev–Trinajstić information content (AvgIpc) is 3.28. The minimum Gasteiger partial charge on any atom is -0.489 e. The molecule has 0 saturated carbocycles. The number of allylic oxidation sites excluding steroid dienone is 1. The number of benzene rings is 2. The Bertz CT molecular complexity index is 1120. The highest BCUT2D eigenvalue weighted by molar-refractivity contribution is 5.76. The van der Waals surface area contributed by atoms with Crippen LogP contribution in [0.3, 0.4) is 0 Å². The number of tetrazole rings is 1. The predicted molar refractivity (Wildman–Crippen MR) is 109 cm³/mol. The Balaban J connectivity index is 1.40. The van der Waals surface area contributed by atoms with Crippen LogP contribution in [-0.2, 0) is 6.61 Å². The average molecular weight is 382 g/mol. The van der Waals surface area contributed by atoms with Crippen LogP contribution in [0.5, 0.6) is 5.75 Å². The second kappa shape index (κ2) is 7.55. The van der Waals surface area contributed by atoms with E-state index in [1.165, 1.54) is 0 Å². The molecule has 29 heavy (non-hydrogen) atoms. The molecule has 3 heterocycles. The molecule has 1 aliphatic rings. The van der Waals surface area contributed by atoms with Crippen LogP contribution in [0.2, 0.25) is 0 Å². The Morgan fingerprint density at radius 1 is 0.966 bits per heavy atom. The number of hydrogen-bond donors (Lipinski definition) is 1. The zero-order valence-electron chi connectivity index (χ0n) is 15.5. The van der Waals surface area contributed by atoms with Gasteiger partial charge in [-0.15, -0.1) is 0 Å². The molecule has 0 amide bonds. The summed E-state index contributed by atoms with van der Waals surface area (Å²) in [5, 5.41) is 15.3. The van der Waals surface area contributed by atoms with E-state index in [4.69, 9.17) is 4.74 Å². The summed E-state index contributed by atoms with van der Waals surface area (Å²) < 4.78 is 7.66. The molecule has 7 heteroatoms. The molecule has 1 aliphatic heterocycles. The summed E-state index contributed by atoms with van der Waals surface area (Å²) in [5.74, 6) is 1.42. The van der Waals surface area contributed by atoms with E-state index in [1.54, 1.807) is 10.9 Å². The van der Waals surface area contributed by atoms with Gasteiger partial charge < -0.3 is 10.1 Å². The number of hydrogen-bond acceptors (Lipinski definition) is 6. The third-order valence-corrected chi connectivity index (χ3v) is 4.77. The van der Waals surface area contributed by atoms with Crippen molar-refractivity contribution >= 4 is 11.6 Å². The van der Waals surface area contributed by atoms with Gasteiger partial charge in [0, 0.05) is 23.7 Å². The van der Waals surface area contributed by atoms with Crippen LogP contribution in [-0.4, -0.2) is 25.2 Å². The lowest BCUT2D eigenvalue weighted by atomic mass is 10.0. The molecule has 1 atom stereocenters. The summed E-state index contributed by atoms with van der Waals surface area (Å²) in [6.45, 7) is 0.537. The summed E-state index contributed by atoms with van der Waals surface area (Å²) in [6, 6.07) is 21.9. The Morgan fingerprint density at radius 3 is 2.62 bits per heavy atom. The minimum atomic E-state index is -0.125. The van der Waals surface area contributed by atoms with Gasteiger partial charge in [-0.3, -0.25) is 4.98 Å². The maximum absolute atomic E-state index is 5.90. The highest BCUT2D eigenvalue weighted by Crippen LogP contribution is 2.32. The normalized spacial score (nSPS) is 15.2. The number of anilines is 1.